The number of nitrogens with one attached hydrogen (secondary N) is 1. The van der Waals surface area contributed by atoms with E-state index in [1.807, 2.05) is 12.1 Å². The number of amides is 1. The minimum absolute atomic E-state index is 0.138. The van der Waals surface area contributed by atoms with Crippen molar-refractivity contribution < 1.29 is 34.0 Å². The molecule has 0 aliphatic rings. The third-order valence-corrected chi connectivity index (χ3v) is 4.70. The highest BCUT2D eigenvalue weighted by atomic mass is 16.5. The third-order valence-electron chi connectivity index (χ3n) is 4.70. The first-order valence-corrected chi connectivity index (χ1v) is 9.58. The van der Waals surface area contributed by atoms with Crippen LogP contribution in [-0.4, -0.2) is 46.0 Å². The molecule has 1 amide bonds. The van der Waals surface area contributed by atoms with Crippen LogP contribution in [0.25, 0.3) is 22.4 Å². The zero-order valence-corrected chi connectivity index (χ0v) is 18.0. The fraction of sp³-hybridized carbons (Fsp3) is 0.273. The van der Waals surface area contributed by atoms with E-state index < -0.39 is 0 Å². The fourth-order valence-electron chi connectivity index (χ4n) is 3.21. The predicted molar refractivity (Wildman–Crippen MR) is 115 cm³/mol. The lowest BCUT2D eigenvalue weighted by atomic mass is 10.0. The number of carbonyl (C=O) groups excluding carboxylic acids is 1. The van der Waals surface area contributed by atoms with Gasteiger partial charge in [0.25, 0.3) is 0 Å². The molecule has 0 bridgehead atoms. The van der Waals surface area contributed by atoms with Crippen LogP contribution in [0.2, 0.25) is 0 Å². The number of benzene rings is 2. The zero-order valence-electron chi connectivity index (χ0n) is 18.0. The average molecular weight is 428 g/mol. The quantitative estimate of drug-likeness (QED) is 0.537. The van der Waals surface area contributed by atoms with Gasteiger partial charge in [-0.25, -0.2) is 0 Å². The van der Waals surface area contributed by atoms with Gasteiger partial charge < -0.3 is 34.5 Å². The summed E-state index contributed by atoms with van der Waals surface area (Å²) in [4.78, 5) is 12.1. The van der Waals surface area contributed by atoms with Crippen molar-refractivity contribution in [2.24, 2.45) is 0 Å². The molecule has 4 N–H and O–H groups in total. The molecule has 0 atom stereocenters. The van der Waals surface area contributed by atoms with Gasteiger partial charge in [-0.15, -0.1) is 0 Å². The van der Waals surface area contributed by atoms with Crippen LogP contribution in [0, 0.1) is 0 Å². The molecule has 0 fully saturated rings. The van der Waals surface area contributed by atoms with Crippen LogP contribution in [0.1, 0.15) is 6.42 Å². The Hall–Kier alpha value is -3.72. The third kappa shape index (κ3) is 4.56. The largest absolute Gasteiger partial charge is 0.495 e. The van der Waals surface area contributed by atoms with E-state index in [0.717, 1.165) is 16.7 Å². The van der Waals surface area contributed by atoms with Crippen molar-refractivity contribution in [3.63, 3.8) is 0 Å². The van der Waals surface area contributed by atoms with E-state index in [1.54, 1.807) is 52.9 Å². The maximum absolute atomic E-state index is 12.1. The second-order valence-electron chi connectivity index (χ2n) is 6.56. The smallest absolute Gasteiger partial charge is 0.230 e. The van der Waals surface area contributed by atoms with Crippen LogP contribution < -0.4 is 30.0 Å². The topological polar surface area (TPSA) is 120 Å². The monoisotopic (exact) mass is 428 g/mol. The van der Waals surface area contributed by atoms with Gasteiger partial charge in [-0.05, 0) is 29.8 Å². The molecule has 0 saturated carbocycles. The highest BCUT2D eigenvalue weighted by Gasteiger charge is 2.20. The molecule has 31 heavy (non-hydrogen) atoms. The fourth-order valence-corrected chi connectivity index (χ4v) is 3.21. The van der Waals surface area contributed by atoms with E-state index in [2.05, 4.69) is 16.2 Å². The molecule has 0 spiro atoms. The number of anilines is 1. The van der Waals surface area contributed by atoms with Gasteiger partial charge in [-0.1, -0.05) is 11.2 Å². The van der Waals surface area contributed by atoms with Crippen molar-refractivity contribution in [3.8, 4) is 45.4 Å². The Kier molecular flexibility index (Phi) is 6.99. The van der Waals surface area contributed by atoms with Crippen LogP contribution in [0.5, 0.6) is 23.0 Å². The molecule has 1 aromatic heterocycles. The molecule has 0 unspecified atom stereocenters. The SMILES string of the molecule is COc1ccc(-c2conc2-c2cc(OC)c(OC)c(OC)c2)cc1NC(=O)CC[NH3+]. The molecule has 3 aromatic rings. The second-order valence-corrected chi connectivity index (χ2v) is 6.56. The Bertz CT molecular complexity index is 1040. The molecule has 9 heteroatoms. The summed E-state index contributed by atoms with van der Waals surface area (Å²) in [6.07, 6.45) is 1.86. The number of hydrogen-bond donors (Lipinski definition) is 2. The molecule has 0 radical (unpaired) electrons. The normalized spacial score (nSPS) is 10.5. The molecular formula is C22H26N3O6+. The average Bonchev–Trinajstić information content (AvgIpc) is 3.28. The van der Waals surface area contributed by atoms with Gasteiger partial charge in [0.2, 0.25) is 11.7 Å². The highest BCUT2D eigenvalue weighted by Crippen LogP contribution is 2.43. The van der Waals surface area contributed by atoms with Gasteiger partial charge in [0, 0.05) is 11.1 Å². The van der Waals surface area contributed by atoms with Crippen LogP contribution in [0.15, 0.2) is 41.1 Å². The Morgan fingerprint density at radius 2 is 1.65 bits per heavy atom. The maximum atomic E-state index is 12.1. The lowest BCUT2D eigenvalue weighted by Gasteiger charge is -2.14. The molecule has 9 nitrogen and oxygen atoms in total. The molecule has 0 saturated heterocycles. The molecule has 2 aromatic carbocycles. The molecule has 0 aliphatic carbocycles. The number of methoxy groups -OCH3 is 4. The zero-order chi connectivity index (χ0) is 22.4. The molecule has 3 rings (SSSR count). The maximum Gasteiger partial charge on any atom is 0.230 e. The first-order chi connectivity index (χ1) is 15.1. The van der Waals surface area contributed by atoms with Crippen molar-refractivity contribution in [3.05, 3.63) is 36.6 Å². The lowest BCUT2D eigenvalue weighted by Crippen LogP contribution is -2.51. The van der Waals surface area contributed by atoms with Gasteiger partial charge in [0.05, 0.1) is 47.1 Å². The van der Waals surface area contributed by atoms with E-state index in [1.165, 1.54) is 0 Å². The van der Waals surface area contributed by atoms with Gasteiger partial charge in [-0.3, -0.25) is 4.79 Å². The van der Waals surface area contributed by atoms with E-state index in [0.29, 0.717) is 47.3 Å². The van der Waals surface area contributed by atoms with Gasteiger partial charge in [0.1, 0.15) is 17.7 Å². The van der Waals surface area contributed by atoms with Crippen molar-refractivity contribution >= 4 is 11.6 Å². The molecule has 0 aliphatic heterocycles. The molecule has 1 heterocycles. The minimum Gasteiger partial charge on any atom is -0.495 e. The number of carbonyl (C=O) groups is 1. The summed E-state index contributed by atoms with van der Waals surface area (Å²) in [7, 11) is 6.19. The van der Waals surface area contributed by atoms with Gasteiger partial charge >= 0.3 is 0 Å². The van der Waals surface area contributed by atoms with E-state index in [4.69, 9.17) is 23.5 Å². The Balaban J connectivity index is 2.07. The number of ether oxygens (including phenoxy) is 4. The first-order valence-electron chi connectivity index (χ1n) is 9.58. The van der Waals surface area contributed by atoms with Crippen molar-refractivity contribution in [2.75, 3.05) is 40.3 Å². The summed E-state index contributed by atoms with van der Waals surface area (Å²) in [6.45, 7) is 0.505. The Labute approximate surface area is 180 Å². The summed E-state index contributed by atoms with van der Waals surface area (Å²) in [6, 6.07) is 9.05. The lowest BCUT2D eigenvalue weighted by molar-refractivity contribution is -0.365. The molecule has 164 valence electrons. The summed E-state index contributed by atoms with van der Waals surface area (Å²) in [5.41, 5.74) is 7.08. The standard InChI is InChI=1S/C22H25N3O6/c1-27-17-6-5-13(9-16(17)24-20(26)7-8-23)15-12-31-25-21(15)14-10-18(28-2)22(30-4)19(11-14)29-3/h5-6,9-12H,7-8,23H2,1-4H3,(H,24,26)/p+1. The number of rotatable bonds is 9. The van der Waals surface area contributed by atoms with Crippen molar-refractivity contribution in [1.29, 1.82) is 0 Å². The number of nitrogens with zero attached hydrogens (tertiary/aromatic N) is 1. The van der Waals surface area contributed by atoms with E-state index >= 15 is 0 Å². The number of hydrogen-bond acceptors (Lipinski definition) is 7. The van der Waals surface area contributed by atoms with Crippen molar-refractivity contribution in [1.82, 2.24) is 5.16 Å². The summed E-state index contributed by atoms with van der Waals surface area (Å²) in [5.74, 6) is 1.90. The minimum atomic E-state index is -0.138. The number of aromatic nitrogens is 1. The summed E-state index contributed by atoms with van der Waals surface area (Å²) < 4.78 is 27.0. The van der Waals surface area contributed by atoms with E-state index in [9.17, 15) is 4.79 Å². The van der Waals surface area contributed by atoms with Gasteiger partial charge in [-0.2, -0.15) is 0 Å². The molecular weight excluding hydrogens is 402 g/mol. The van der Waals surface area contributed by atoms with E-state index in [-0.39, 0.29) is 5.91 Å². The van der Waals surface area contributed by atoms with Gasteiger partial charge in [0.15, 0.2) is 11.5 Å². The number of quaternary nitrogens is 1. The van der Waals surface area contributed by atoms with Crippen LogP contribution in [0.4, 0.5) is 5.69 Å². The summed E-state index contributed by atoms with van der Waals surface area (Å²) >= 11 is 0. The predicted octanol–water partition coefficient (Wildman–Crippen LogP) is 2.61. The van der Waals surface area contributed by atoms with Crippen LogP contribution >= 0.6 is 0 Å². The van der Waals surface area contributed by atoms with Crippen LogP contribution in [-0.2, 0) is 4.79 Å². The Morgan fingerprint density at radius 1 is 0.968 bits per heavy atom. The summed E-state index contributed by atoms with van der Waals surface area (Å²) in [5, 5.41) is 7.04. The Morgan fingerprint density at radius 3 is 2.23 bits per heavy atom. The van der Waals surface area contributed by atoms with Crippen molar-refractivity contribution in [2.45, 2.75) is 6.42 Å². The van der Waals surface area contributed by atoms with Crippen LogP contribution in [0.3, 0.4) is 0 Å². The second kappa shape index (κ2) is 9.86. The first kappa shape index (κ1) is 22.0. The highest BCUT2D eigenvalue weighted by molar-refractivity contribution is 5.94.